The molecule has 0 aromatic carbocycles. The van der Waals surface area contributed by atoms with E-state index in [1.807, 2.05) is 45.2 Å². The Bertz CT molecular complexity index is 840. The van der Waals surface area contributed by atoms with Gasteiger partial charge in [0.05, 0.1) is 68.3 Å². The van der Waals surface area contributed by atoms with Gasteiger partial charge < -0.3 is 50.4 Å². The van der Waals surface area contributed by atoms with Gasteiger partial charge in [0.15, 0.2) is 0 Å². The first-order chi connectivity index (χ1) is 22.2. The SMILES string of the molecule is O=C(CI)NCCOCCOCCNC(=O)CN(CC(=O)NCCOCCOCCNC(=O)CI)C(=O)CCC(=O)NCCOO. The molecule has 0 radical (unpaired) electrons. The van der Waals surface area contributed by atoms with E-state index in [1.165, 1.54) is 0 Å². The van der Waals surface area contributed by atoms with E-state index >= 15 is 0 Å². The summed E-state index contributed by atoms with van der Waals surface area (Å²) < 4.78 is 22.2. The molecule has 0 aromatic heterocycles. The van der Waals surface area contributed by atoms with Crippen LogP contribution >= 0.6 is 45.2 Å². The first-order valence-corrected chi connectivity index (χ1v) is 17.6. The van der Waals surface area contributed by atoms with Crippen LogP contribution in [-0.2, 0) is 52.6 Å². The third-order valence-electron chi connectivity index (χ3n) is 5.36. The van der Waals surface area contributed by atoms with Crippen LogP contribution in [-0.4, -0.2) is 160 Å². The van der Waals surface area contributed by atoms with E-state index in [-0.39, 0.29) is 77.3 Å². The number of hydrogen-bond donors (Lipinski definition) is 6. The Labute approximate surface area is 295 Å². The van der Waals surface area contributed by atoms with Crippen LogP contribution in [0.25, 0.3) is 0 Å². The Morgan fingerprint density at radius 3 is 1.20 bits per heavy atom. The molecule has 0 fully saturated rings. The summed E-state index contributed by atoms with van der Waals surface area (Å²) in [6, 6.07) is 0. The average Bonchev–Trinajstić information content (AvgIpc) is 3.04. The molecule has 6 N–H and O–H groups in total. The lowest BCUT2D eigenvalue weighted by atomic mass is 10.2. The van der Waals surface area contributed by atoms with E-state index in [0.29, 0.717) is 48.4 Å². The topological polar surface area (TPSA) is 232 Å². The molecule has 0 saturated heterocycles. The van der Waals surface area contributed by atoms with Gasteiger partial charge in [0.25, 0.3) is 0 Å². The molecule has 0 atom stereocenters. The molecule has 0 aliphatic carbocycles. The Morgan fingerprint density at radius 2 is 0.826 bits per heavy atom. The lowest BCUT2D eigenvalue weighted by molar-refractivity contribution is -0.240. The Kier molecular flexibility index (Phi) is 30.3. The normalized spacial score (nSPS) is 10.6. The number of amides is 6. The predicted octanol–water partition coefficient (Wildman–Crippen LogP) is -2.40. The van der Waals surface area contributed by atoms with Crippen molar-refractivity contribution in [1.82, 2.24) is 31.5 Å². The number of rotatable bonds is 30. The fourth-order valence-electron chi connectivity index (χ4n) is 3.18. The van der Waals surface area contributed by atoms with Gasteiger partial charge in [-0.05, 0) is 0 Å². The van der Waals surface area contributed by atoms with Gasteiger partial charge >= 0.3 is 0 Å². The summed E-state index contributed by atoms with van der Waals surface area (Å²) >= 11 is 3.93. The molecular formula is C26H46I2N6O12. The monoisotopic (exact) mass is 888 g/mol. The van der Waals surface area contributed by atoms with E-state index < -0.39 is 36.7 Å². The number of alkyl halides is 2. The van der Waals surface area contributed by atoms with Crippen LogP contribution in [0.15, 0.2) is 0 Å². The first-order valence-electron chi connectivity index (χ1n) is 14.5. The number of nitrogens with zero attached hydrogens (tertiary/aromatic N) is 1. The van der Waals surface area contributed by atoms with Crippen molar-refractivity contribution in [3.05, 3.63) is 0 Å². The molecular weight excluding hydrogens is 842 g/mol. The number of hydrogen-bond acceptors (Lipinski definition) is 12. The highest BCUT2D eigenvalue weighted by Crippen LogP contribution is 1.99. The zero-order valence-electron chi connectivity index (χ0n) is 25.8. The Balaban J connectivity index is 4.44. The third-order valence-corrected chi connectivity index (χ3v) is 6.75. The number of nitrogens with one attached hydrogen (secondary N) is 5. The second kappa shape index (κ2) is 31.6. The predicted molar refractivity (Wildman–Crippen MR) is 180 cm³/mol. The first kappa shape index (κ1) is 44.0. The number of halogens is 2. The van der Waals surface area contributed by atoms with Crippen LogP contribution in [0.3, 0.4) is 0 Å². The van der Waals surface area contributed by atoms with Gasteiger partial charge in [-0.1, -0.05) is 45.2 Å². The van der Waals surface area contributed by atoms with Crippen molar-refractivity contribution < 1.29 is 57.9 Å². The van der Waals surface area contributed by atoms with Gasteiger partial charge in [0.2, 0.25) is 35.4 Å². The molecule has 0 saturated carbocycles. The summed E-state index contributed by atoms with van der Waals surface area (Å²) in [6.07, 6.45) is -0.437. The molecule has 46 heavy (non-hydrogen) atoms. The fraction of sp³-hybridized carbons (Fsp3) is 0.769. The molecule has 266 valence electrons. The minimum atomic E-state index is -0.579. The Hall–Kier alpha value is -1.96. The van der Waals surface area contributed by atoms with E-state index in [1.54, 1.807) is 0 Å². The molecule has 0 aromatic rings. The molecule has 0 spiro atoms. The zero-order valence-corrected chi connectivity index (χ0v) is 30.1. The summed E-state index contributed by atoms with van der Waals surface area (Å²) in [6.45, 7) is 2.48. The third kappa shape index (κ3) is 28.3. The number of carbonyl (C=O) groups is 6. The number of ether oxygens (including phenoxy) is 4. The maximum absolute atomic E-state index is 12.8. The van der Waals surface area contributed by atoms with Gasteiger partial charge in [0.1, 0.15) is 13.1 Å². The molecule has 18 nitrogen and oxygen atoms in total. The van der Waals surface area contributed by atoms with E-state index in [9.17, 15) is 28.8 Å². The molecule has 0 aliphatic rings. The molecule has 0 bridgehead atoms. The summed E-state index contributed by atoms with van der Waals surface area (Å²) in [5, 5.41) is 21.4. The van der Waals surface area contributed by atoms with Gasteiger partial charge in [-0.15, -0.1) is 0 Å². The fourth-order valence-corrected chi connectivity index (χ4v) is 3.72. The van der Waals surface area contributed by atoms with Crippen molar-refractivity contribution in [1.29, 1.82) is 0 Å². The van der Waals surface area contributed by atoms with Crippen molar-refractivity contribution in [2.45, 2.75) is 12.8 Å². The van der Waals surface area contributed by atoms with Crippen molar-refractivity contribution in [3.63, 3.8) is 0 Å². The van der Waals surface area contributed by atoms with E-state index in [0.717, 1.165) is 4.90 Å². The lowest BCUT2D eigenvalue weighted by Gasteiger charge is -2.22. The van der Waals surface area contributed by atoms with E-state index in [4.69, 9.17) is 24.2 Å². The maximum atomic E-state index is 12.8. The van der Waals surface area contributed by atoms with Crippen molar-refractivity contribution >= 4 is 80.6 Å². The molecule has 0 aliphatic heterocycles. The molecule has 20 heteroatoms. The van der Waals surface area contributed by atoms with Crippen LogP contribution in [0.1, 0.15) is 12.8 Å². The minimum Gasteiger partial charge on any atom is -0.377 e. The summed E-state index contributed by atoms with van der Waals surface area (Å²) in [4.78, 5) is 76.9. The van der Waals surface area contributed by atoms with Gasteiger partial charge in [-0.3, -0.25) is 34.0 Å². The quantitative estimate of drug-likeness (QED) is 0.0146. The van der Waals surface area contributed by atoms with Gasteiger partial charge in [-0.2, -0.15) is 0 Å². The van der Waals surface area contributed by atoms with Gasteiger partial charge in [0, 0.05) is 45.6 Å². The van der Waals surface area contributed by atoms with E-state index in [2.05, 4.69) is 31.5 Å². The van der Waals surface area contributed by atoms with Crippen molar-refractivity contribution in [3.8, 4) is 0 Å². The highest BCUT2D eigenvalue weighted by atomic mass is 127. The zero-order chi connectivity index (χ0) is 34.3. The Morgan fingerprint density at radius 1 is 0.478 bits per heavy atom. The molecule has 6 amide bonds. The molecule has 0 unspecified atom stereocenters. The van der Waals surface area contributed by atoms with Crippen molar-refractivity contribution in [2.75, 3.05) is 114 Å². The second-order valence-electron chi connectivity index (χ2n) is 9.05. The van der Waals surface area contributed by atoms with Crippen LogP contribution in [0, 0.1) is 0 Å². The lowest BCUT2D eigenvalue weighted by Crippen LogP contribution is -2.46. The van der Waals surface area contributed by atoms with Crippen LogP contribution in [0.5, 0.6) is 0 Å². The van der Waals surface area contributed by atoms with Crippen LogP contribution < -0.4 is 26.6 Å². The summed E-state index contributed by atoms with van der Waals surface area (Å²) in [7, 11) is 0. The highest BCUT2D eigenvalue weighted by molar-refractivity contribution is 14.1. The largest absolute Gasteiger partial charge is 0.377 e. The number of carbonyl (C=O) groups excluding carboxylic acids is 6. The average molecular weight is 888 g/mol. The molecule has 0 rings (SSSR count). The smallest absolute Gasteiger partial charge is 0.239 e. The maximum Gasteiger partial charge on any atom is 0.239 e. The van der Waals surface area contributed by atoms with Crippen LogP contribution in [0.2, 0.25) is 0 Å². The summed E-state index contributed by atoms with van der Waals surface area (Å²) in [5.74, 6) is -2.21. The molecule has 0 heterocycles. The highest BCUT2D eigenvalue weighted by Gasteiger charge is 2.21. The van der Waals surface area contributed by atoms with Crippen molar-refractivity contribution in [2.24, 2.45) is 0 Å². The summed E-state index contributed by atoms with van der Waals surface area (Å²) in [5.41, 5.74) is 0. The minimum absolute atomic E-state index is 0.0499. The standard InChI is InChI=1S/C26H46I2N6O12/c27-17-22(36)30-3-8-42-13-15-44-10-5-32-24(38)19-34(26(40)2-1-21(35)29-7-12-46-41)20-25(39)33-6-11-45-16-14-43-9-4-31-23(37)18-28/h41H,1-20H2,(H,29,35)(H,30,36)(H,31,37)(H,32,38)(H,33,39). The van der Waals surface area contributed by atoms with Crippen LogP contribution in [0.4, 0.5) is 0 Å². The second-order valence-corrected chi connectivity index (χ2v) is 10.6. The van der Waals surface area contributed by atoms with Gasteiger partial charge in [-0.25, -0.2) is 4.89 Å².